The Morgan fingerprint density at radius 1 is 1.67 bits per heavy atom. The number of carbonyl (C=O) groups is 1. The van der Waals surface area contributed by atoms with E-state index in [0.29, 0.717) is 19.4 Å². The van der Waals surface area contributed by atoms with E-state index in [1.54, 1.807) is 7.05 Å². The molecule has 0 aliphatic rings. The monoisotopic (exact) mass is 132 g/mol. The molecule has 0 fully saturated rings. The fourth-order valence-corrected chi connectivity index (χ4v) is 0.453. The Morgan fingerprint density at radius 3 is 2.78 bits per heavy atom. The predicted molar refractivity (Wildman–Crippen MR) is 33.1 cm³/mol. The molecule has 0 rings (SSSR count). The second-order valence-corrected chi connectivity index (χ2v) is 1.68. The zero-order valence-electron chi connectivity index (χ0n) is 5.48. The summed E-state index contributed by atoms with van der Waals surface area (Å²) in [6, 6.07) is 0. The third kappa shape index (κ3) is 5.26. The highest BCUT2D eigenvalue weighted by molar-refractivity contribution is 5.75. The highest BCUT2D eigenvalue weighted by atomic mass is 16.5. The fourth-order valence-electron chi connectivity index (χ4n) is 0.453. The first-order valence-electron chi connectivity index (χ1n) is 2.88. The Hall–Kier alpha value is -0.610. The van der Waals surface area contributed by atoms with Crippen molar-refractivity contribution in [2.24, 2.45) is 0 Å². The normalized spacial score (nSPS) is 9.11. The lowest BCUT2D eigenvalue weighted by atomic mass is 10.3. The molecule has 0 heterocycles. The number of hydroxylamine groups is 1. The van der Waals surface area contributed by atoms with Gasteiger partial charge in [0, 0.05) is 20.0 Å². The summed E-state index contributed by atoms with van der Waals surface area (Å²) in [5.74, 6) is 0.00486. The van der Waals surface area contributed by atoms with Gasteiger partial charge in [0.05, 0.1) is 0 Å². The van der Waals surface area contributed by atoms with Crippen LogP contribution in [0.3, 0.4) is 0 Å². The molecule has 4 heteroatoms. The van der Waals surface area contributed by atoms with E-state index in [2.05, 4.69) is 5.32 Å². The molecule has 0 radical (unpaired) electrons. The summed E-state index contributed by atoms with van der Waals surface area (Å²) in [6.07, 6.45) is 1.13. The van der Waals surface area contributed by atoms with Gasteiger partial charge in [0.15, 0.2) is 0 Å². The third-order valence-corrected chi connectivity index (χ3v) is 0.971. The van der Waals surface area contributed by atoms with Gasteiger partial charge in [-0.15, -0.1) is 0 Å². The lowest BCUT2D eigenvalue weighted by Crippen LogP contribution is -2.19. The van der Waals surface area contributed by atoms with Gasteiger partial charge < -0.3 is 10.5 Å². The molecule has 4 nitrogen and oxygen atoms in total. The fraction of sp³-hybridized carbons (Fsp3) is 0.800. The van der Waals surface area contributed by atoms with Gasteiger partial charge in [0.2, 0.25) is 5.91 Å². The molecule has 0 aliphatic heterocycles. The average Bonchev–Trinajstić information content (AvgIpc) is 1.89. The van der Waals surface area contributed by atoms with E-state index in [1.165, 1.54) is 0 Å². The number of nitrogens with one attached hydrogen (secondary N) is 2. The summed E-state index contributed by atoms with van der Waals surface area (Å²) >= 11 is 0. The molecule has 0 bridgehead atoms. The van der Waals surface area contributed by atoms with Crippen LogP contribution in [0, 0.1) is 0 Å². The van der Waals surface area contributed by atoms with Gasteiger partial charge >= 0.3 is 0 Å². The van der Waals surface area contributed by atoms with Crippen molar-refractivity contribution in [3.63, 3.8) is 0 Å². The molecule has 0 aliphatic carbocycles. The van der Waals surface area contributed by atoms with Crippen molar-refractivity contribution in [1.82, 2.24) is 10.8 Å². The van der Waals surface area contributed by atoms with Crippen molar-refractivity contribution in [3.05, 3.63) is 0 Å². The summed E-state index contributed by atoms with van der Waals surface area (Å²) < 4.78 is 0. The van der Waals surface area contributed by atoms with E-state index in [0.717, 1.165) is 0 Å². The second kappa shape index (κ2) is 5.53. The first-order valence-corrected chi connectivity index (χ1v) is 2.88. The van der Waals surface area contributed by atoms with Gasteiger partial charge in [0.1, 0.15) is 0 Å². The molecule has 0 saturated heterocycles. The number of carbonyl (C=O) groups excluding carboxylic acids is 1. The SMILES string of the molecule is CNC(=O)CCCNO. The Labute approximate surface area is 54.2 Å². The molecular formula is C5H12N2O2. The van der Waals surface area contributed by atoms with Crippen LogP contribution in [-0.2, 0) is 4.79 Å². The molecule has 1 amide bonds. The number of amides is 1. The van der Waals surface area contributed by atoms with Crippen LogP contribution in [0.25, 0.3) is 0 Å². The van der Waals surface area contributed by atoms with Crippen LogP contribution < -0.4 is 10.8 Å². The largest absolute Gasteiger partial charge is 0.359 e. The molecule has 0 atom stereocenters. The summed E-state index contributed by atoms with van der Waals surface area (Å²) in [5, 5.41) is 10.5. The van der Waals surface area contributed by atoms with Gasteiger partial charge in [-0.05, 0) is 6.42 Å². The van der Waals surface area contributed by atoms with Crippen molar-refractivity contribution in [2.45, 2.75) is 12.8 Å². The van der Waals surface area contributed by atoms with E-state index in [4.69, 9.17) is 5.21 Å². The van der Waals surface area contributed by atoms with Gasteiger partial charge in [0.25, 0.3) is 0 Å². The van der Waals surface area contributed by atoms with Crippen molar-refractivity contribution in [3.8, 4) is 0 Å². The number of rotatable bonds is 4. The Morgan fingerprint density at radius 2 is 2.33 bits per heavy atom. The maximum absolute atomic E-state index is 10.5. The topological polar surface area (TPSA) is 61.4 Å². The third-order valence-electron chi connectivity index (χ3n) is 0.971. The lowest BCUT2D eigenvalue weighted by Gasteiger charge is -1.96. The minimum atomic E-state index is 0.00486. The number of hydrogen-bond acceptors (Lipinski definition) is 3. The molecule has 0 aromatic heterocycles. The quantitative estimate of drug-likeness (QED) is 0.356. The second-order valence-electron chi connectivity index (χ2n) is 1.68. The predicted octanol–water partition coefficient (Wildman–Crippen LogP) is -0.509. The zero-order valence-corrected chi connectivity index (χ0v) is 5.48. The molecule has 0 spiro atoms. The van der Waals surface area contributed by atoms with Gasteiger partial charge in [-0.1, -0.05) is 0 Å². The van der Waals surface area contributed by atoms with Crippen LogP contribution in [0.2, 0.25) is 0 Å². The maximum Gasteiger partial charge on any atom is 0.219 e. The van der Waals surface area contributed by atoms with Crippen LogP contribution in [0.15, 0.2) is 0 Å². The molecule has 54 valence electrons. The molecule has 3 N–H and O–H groups in total. The molecular weight excluding hydrogens is 120 g/mol. The minimum absolute atomic E-state index is 0.00486. The van der Waals surface area contributed by atoms with Crippen LogP contribution in [0.5, 0.6) is 0 Å². The van der Waals surface area contributed by atoms with Gasteiger partial charge in [-0.2, -0.15) is 0 Å². The Kier molecular flexibility index (Phi) is 5.15. The van der Waals surface area contributed by atoms with Crippen LogP contribution in [-0.4, -0.2) is 24.7 Å². The molecule has 0 unspecified atom stereocenters. The smallest absolute Gasteiger partial charge is 0.219 e. The maximum atomic E-state index is 10.5. The lowest BCUT2D eigenvalue weighted by molar-refractivity contribution is -0.120. The first kappa shape index (κ1) is 8.39. The first-order chi connectivity index (χ1) is 4.31. The van der Waals surface area contributed by atoms with Crippen molar-refractivity contribution < 1.29 is 10.0 Å². The Balaban J connectivity index is 2.97. The van der Waals surface area contributed by atoms with Crippen LogP contribution >= 0.6 is 0 Å². The van der Waals surface area contributed by atoms with Crippen LogP contribution in [0.1, 0.15) is 12.8 Å². The molecule has 0 aromatic rings. The summed E-state index contributed by atoms with van der Waals surface area (Å²) in [6.45, 7) is 0.466. The van der Waals surface area contributed by atoms with E-state index >= 15 is 0 Å². The van der Waals surface area contributed by atoms with Gasteiger partial charge in [-0.3, -0.25) is 4.79 Å². The summed E-state index contributed by atoms with van der Waals surface area (Å²) in [5.41, 5.74) is 1.97. The standard InChI is InChI=1S/C5H12N2O2/c1-6-5(8)3-2-4-7-9/h7,9H,2-4H2,1H3,(H,6,8). The minimum Gasteiger partial charge on any atom is -0.359 e. The highest BCUT2D eigenvalue weighted by Crippen LogP contribution is 1.84. The average molecular weight is 132 g/mol. The van der Waals surface area contributed by atoms with E-state index < -0.39 is 0 Å². The zero-order chi connectivity index (χ0) is 7.11. The van der Waals surface area contributed by atoms with Crippen molar-refractivity contribution in [1.29, 1.82) is 0 Å². The van der Waals surface area contributed by atoms with Crippen molar-refractivity contribution >= 4 is 5.91 Å². The van der Waals surface area contributed by atoms with E-state index in [9.17, 15) is 4.79 Å². The van der Waals surface area contributed by atoms with E-state index in [1.807, 2.05) is 5.48 Å². The highest BCUT2D eigenvalue weighted by Gasteiger charge is 1.94. The number of hydrogen-bond donors (Lipinski definition) is 3. The van der Waals surface area contributed by atoms with Crippen LogP contribution in [0.4, 0.5) is 0 Å². The Bertz CT molecular complexity index is 85.0. The summed E-state index contributed by atoms with van der Waals surface area (Å²) in [7, 11) is 1.59. The van der Waals surface area contributed by atoms with Gasteiger partial charge in [-0.25, -0.2) is 5.48 Å². The van der Waals surface area contributed by atoms with E-state index in [-0.39, 0.29) is 5.91 Å². The molecule has 0 aromatic carbocycles. The molecule has 9 heavy (non-hydrogen) atoms. The van der Waals surface area contributed by atoms with Crippen molar-refractivity contribution in [2.75, 3.05) is 13.6 Å². The summed E-state index contributed by atoms with van der Waals surface area (Å²) in [4.78, 5) is 10.5. The molecule has 0 saturated carbocycles.